The van der Waals surface area contributed by atoms with E-state index in [0.29, 0.717) is 26.2 Å². The zero-order chi connectivity index (χ0) is 17.7. The number of hydrogen-bond acceptors (Lipinski definition) is 3. The number of amides is 1. The van der Waals surface area contributed by atoms with E-state index in [9.17, 15) is 9.59 Å². The lowest BCUT2D eigenvalue weighted by Crippen LogP contribution is -2.39. The normalized spacial score (nSPS) is 11.7. The molecular formula is C17H14Cl3NO3. The van der Waals surface area contributed by atoms with Gasteiger partial charge in [-0.25, -0.2) is 4.79 Å². The molecule has 2 rings (SSSR count). The molecular weight excluding hydrogens is 373 g/mol. The van der Waals surface area contributed by atoms with Crippen LogP contribution >= 0.6 is 34.8 Å². The minimum absolute atomic E-state index is 0.0128. The average molecular weight is 387 g/mol. The van der Waals surface area contributed by atoms with E-state index in [1.807, 2.05) is 0 Å². The van der Waals surface area contributed by atoms with E-state index < -0.39 is 17.9 Å². The van der Waals surface area contributed by atoms with Gasteiger partial charge in [0.15, 0.2) is 0 Å². The molecule has 0 bridgehead atoms. The van der Waals surface area contributed by atoms with Crippen LogP contribution in [-0.4, -0.2) is 17.9 Å². The van der Waals surface area contributed by atoms with Gasteiger partial charge in [-0.3, -0.25) is 4.79 Å². The molecule has 0 spiro atoms. The van der Waals surface area contributed by atoms with Crippen molar-refractivity contribution in [3.8, 4) is 0 Å². The topological polar surface area (TPSA) is 55.4 Å². The Bertz CT molecular complexity index is 764. The fraction of sp³-hybridized carbons (Fsp3) is 0.176. The van der Waals surface area contributed by atoms with E-state index in [2.05, 4.69) is 5.32 Å². The van der Waals surface area contributed by atoms with Crippen molar-refractivity contribution >= 4 is 46.7 Å². The molecule has 0 saturated carbocycles. The van der Waals surface area contributed by atoms with Crippen LogP contribution in [0.4, 0.5) is 0 Å². The van der Waals surface area contributed by atoms with Crippen LogP contribution < -0.4 is 5.32 Å². The molecule has 7 heteroatoms. The summed E-state index contributed by atoms with van der Waals surface area (Å²) in [6.07, 6.45) is 0. The van der Waals surface area contributed by atoms with Crippen LogP contribution in [0.2, 0.25) is 15.1 Å². The number of ether oxygens (including phenoxy) is 1. The van der Waals surface area contributed by atoms with Gasteiger partial charge in [-0.2, -0.15) is 0 Å². The highest BCUT2D eigenvalue weighted by Crippen LogP contribution is 2.21. The lowest BCUT2D eigenvalue weighted by Gasteiger charge is -2.14. The molecule has 1 atom stereocenters. The van der Waals surface area contributed by atoms with E-state index in [0.717, 1.165) is 0 Å². The lowest BCUT2D eigenvalue weighted by atomic mass is 10.2. The van der Waals surface area contributed by atoms with Crippen LogP contribution in [0.25, 0.3) is 0 Å². The average Bonchev–Trinajstić information content (AvgIpc) is 2.54. The van der Waals surface area contributed by atoms with E-state index in [4.69, 9.17) is 39.5 Å². The van der Waals surface area contributed by atoms with E-state index >= 15 is 0 Å². The summed E-state index contributed by atoms with van der Waals surface area (Å²) >= 11 is 17.8. The first kappa shape index (κ1) is 18.6. The van der Waals surface area contributed by atoms with Crippen molar-refractivity contribution in [3.63, 3.8) is 0 Å². The summed E-state index contributed by atoms with van der Waals surface area (Å²) in [5.74, 6) is -1.03. The zero-order valence-corrected chi connectivity index (χ0v) is 15.0. The van der Waals surface area contributed by atoms with Crippen LogP contribution in [0.15, 0.2) is 42.5 Å². The number of benzene rings is 2. The molecule has 0 aliphatic rings. The highest BCUT2D eigenvalue weighted by atomic mass is 35.5. The minimum Gasteiger partial charge on any atom is -0.459 e. The van der Waals surface area contributed by atoms with Gasteiger partial charge in [-0.15, -0.1) is 0 Å². The first-order valence-corrected chi connectivity index (χ1v) is 8.18. The fourth-order valence-corrected chi connectivity index (χ4v) is 2.58. The maximum Gasteiger partial charge on any atom is 0.328 e. The first-order valence-electron chi connectivity index (χ1n) is 7.04. The minimum atomic E-state index is -0.833. The Kier molecular flexibility index (Phi) is 6.49. The van der Waals surface area contributed by atoms with Crippen molar-refractivity contribution in [3.05, 3.63) is 68.7 Å². The SMILES string of the molecule is CC(NC(=O)c1ccccc1Cl)C(=O)OCc1ccc(Cl)cc1Cl. The molecule has 0 radical (unpaired) electrons. The molecule has 4 nitrogen and oxygen atoms in total. The summed E-state index contributed by atoms with van der Waals surface area (Å²) in [6.45, 7) is 1.52. The zero-order valence-electron chi connectivity index (χ0n) is 12.7. The Hall–Kier alpha value is -1.75. The third-order valence-electron chi connectivity index (χ3n) is 3.20. The maximum absolute atomic E-state index is 12.1. The second-order valence-electron chi connectivity index (χ2n) is 5.02. The molecule has 0 fully saturated rings. The van der Waals surface area contributed by atoms with E-state index in [-0.39, 0.29) is 6.61 Å². The molecule has 126 valence electrons. The van der Waals surface area contributed by atoms with Crippen molar-refractivity contribution in [2.75, 3.05) is 0 Å². The van der Waals surface area contributed by atoms with Gasteiger partial charge in [0.25, 0.3) is 5.91 Å². The number of hydrogen-bond donors (Lipinski definition) is 1. The van der Waals surface area contributed by atoms with Crippen molar-refractivity contribution in [1.29, 1.82) is 0 Å². The Balaban J connectivity index is 1.92. The van der Waals surface area contributed by atoms with Crippen LogP contribution in [0.3, 0.4) is 0 Å². The standard InChI is InChI=1S/C17H14Cl3NO3/c1-10(21-16(22)13-4-2-3-5-14(13)19)17(23)24-9-11-6-7-12(18)8-15(11)20/h2-8,10H,9H2,1H3,(H,21,22). The molecule has 0 aliphatic carbocycles. The van der Waals surface area contributed by atoms with Crippen molar-refractivity contribution in [2.45, 2.75) is 19.6 Å². The van der Waals surface area contributed by atoms with Gasteiger partial charge in [0.2, 0.25) is 0 Å². The number of halogens is 3. The predicted octanol–water partition coefficient (Wildman–Crippen LogP) is 4.51. The molecule has 0 aromatic heterocycles. The van der Waals surface area contributed by atoms with Gasteiger partial charge < -0.3 is 10.1 Å². The molecule has 1 unspecified atom stereocenters. The third kappa shape index (κ3) is 4.87. The highest BCUT2D eigenvalue weighted by molar-refractivity contribution is 6.35. The largest absolute Gasteiger partial charge is 0.459 e. The number of esters is 1. The fourth-order valence-electron chi connectivity index (χ4n) is 1.89. The summed E-state index contributed by atoms with van der Waals surface area (Å²) in [4.78, 5) is 24.1. The molecule has 2 aromatic carbocycles. The van der Waals surface area contributed by atoms with E-state index in [1.165, 1.54) is 6.92 Å². The van der Waals surface area contributed by atoms with Crippen molar-refractivity contribution in [1.82, 2.24) is 5.32 Å². The number of rotatable bonds is 5. The highest BCUT2D eigenvalue weighted by Gasteiger charge is 2.19. The Morgan fingerprint density at radius 2 is 1.79 bits per heavy atom. The first-order chi connectivity index (χ1) is 11.4. The van der Waals surface area contributed by atoms with Crippen LogP contribution in [0.1, 0.15) is 22.8 Å². The summed E-state index contributed by atoms with van der Waals surface area (Å²) in [7, 11) is 0. The number of carbonyl (C=O) groups excluding carboxylic acids is 2. The van der Waals surface area contributed by atoms with Gasteiger partial charge in [-0.05, 0) is 31.2 Å². The number of carbonyl (C=O) groups is 2. The summed E-state index contributed by atoms with van der Waals surface area (Å²) in [5, 5.41) is 3.75. The molecule has 2 aromatic rings. The van der Waals surface area contributed by atoms with Crippen LogP contribution in [0, 0.1) is 0 Å². The molecule has 0 heterocycles. The molecule has 0 aliphatic heterocycles. The molecule has 0 saturated heterocycles. The quantitative estimate of drug-likeness (QED) is 0.769. The lowest BCUT2D eigenvalue weighted by molar-refractivity contribution is -0.146. The maximum atomic E-state index is 12.1. The van der Waals surface area contributed by atoms with Gasteiger partial charge in [0, 0.05) is 15.6 Å². The summed E-state index contributed by atoms with van der Waals surface area (Å²) < 4.78 is 5.16. The monoisotopic (exact) mass is 385 g/mol. The second kappa shape index (κ2) is 8.38. The van der Waals surface area contributed by atoms with E-state index in [1.54, 1.807) is 42.5 Å². The van der Waals surface area contributed by atoms with Crippen LogP contribution in [0.5, 0.6) is 0 Å². The number of nitrogens with one attached hydrogen (secondary N) is 1. The van der Waals surface area contributed by atoms with Gasteiger partial charge >= 0.3 is 5.97 Å². The summed E-state index contributed by atoms with van der Waals surface area (Å²) in [6, 6.07) is 10.6. The Morgan fingerprint density at radius 1 is 1.08 bits per heavy atom. The molecule has 1 N–H and O–H groups in total. The third-order valence-corrected chi connectivity index (χ3v) is 4.12. The smallest absolute Gasteiger partial charge is 0.328 e. The molecule has 24 heavy (non-hydrogen) atoms. The van der Waals surface area contributed by atoms with Crippen LogP contribution in [-0.2, 0) is 16.1 Å². The van der Waals surface area contributed by atoms with Gasteiger partial charge in [0.1, 0.15) is 12.6 Å². The van der Waals surface area contributed by atoms with Gasteiger partial charge in [0.05, 0.1) is 10.6 Å². The van der Waals surface area contributed by atoms with Gasteiger partial charge in [-0.1, -0.05) is 53.0 Å². The predicted molar refractivity (Wildman–Crippen MR) is 94.6 cm³/mol. The molecule has 1 amide bonds. The second-order valence-corrected chi connectivity index (χ2v) is 6.27. The summed E-state index contributed by atoms with van der Waals surface area (Å²) in [5.41, 5.74) is 0.915. The Morgan fingerprint density at radius 3 is 2.46 bits per heavy atom. The van der Waals surface area contributed by atoms with Crippen molar-refractivity contribution < 1.29 is 14.3 Å². The Labute approximate surface area is 154 Å². The van der Waals surface area contributed by atoms with Crippen molar-refractivity contribution in [2.24, 2.45) is 0 Å².